The van der Waals surface area contributed by atoms with Crippen molar-refractivity contribution in [3.63, 3.8) is 0 Å². The number of carbonyl (C=O) groups excluding carboxylic acids is 1. The van der Waals surface area contributed by atoms with Crippen molar-refractivity contribution in [3.8, 4) is 0 Å². The lowest BCUT2D eigenvalue weighted by atomic mass is 9.92. The summed E-state index contributed by atoms with van der Waals surface area (Å²) >= 11 is 0. The van der Waals surface area contributed by atoms with Crippen molar-refractivity contribution >= 4 is 5.91 Å². The molecule has 1 saturated heterocycles. The van der Waals surface area contributed by atoms with E-state index in [2.05, 4.69) is 12.2 Å². The summed E-state index contributed by atoms with van der Waals surface area (Å²) in [6.45, 7) is 6.14. The van der Waals surface area contributed by atoms with Gasteiger partial charge in [-0.25, -0.2) is 4.39 Å². The summed E-state index contributed by atoms with van der Waals surface area (Å²) in [6.07, 6.45) is 1.78. The number of carbonyl (C=O) groups is 1. The zero-order valence-electron chi connectivity index (χ0n) is 12.2. The van der Waals surface area contributed by atoms with E-state index in [-0.39, 0.29) is 17.6 Å². The highest BCUT2D eigenvalue weighted by Crippen LogP contribution is 2.20. The number of halogens is 1. The Hall–Kier alpha value is -1.42. The van der Waals surface area contributed by atoms with E-state index in [1.54, 1.807) is 6.07 Å². The number of piperidine rings is 1. The van der Waals surface area contributed by atoms with Crippen molar-refractivity contribution in [1.82, 2.24) is 10.2 Å². The third kappa shape index (κ3) is 3.79. The van der Waals surface area contributed by atoms with Gasteiger partial charge in [0, 0.05) is 25.0 Å². The van der Waals surface area contributed by atoms with Crippen LogP contribution in [0.25, 0.3) is 0 Å². The minimum Gasteiger partial charge on any atom is -0.338 e. The average molecular weight is 278 g/mol. The van der Waals surface area contributed by atoms with Gasteiger partial charge in [0.25, 0.3) is 0 Å². The number of nitrogens with zero attached hydrogens (tertiary/aromatic N) is 1. The molecule has 2 atom stereocenters. The molecule has 4 heteroatoms. The maximum atomic E-state index is 13.2. The molecule has 110 valence electrons. The second-order valence-corrected chi connectivity index (χ2v) is 5.56. The molecule has 3 nitrogen and oxygen atoms in total. The van der Waals surface area contributed by atoms with Gasteiger partial charge < -0.3 is 10.2 Å². The highest BCUT2D eigenvalue weighted by atomic mass is 19.1. The molecular formula is C16H23FN2O. The van der Waals surface area contributed by atoms with Gasteiger partial charge in [-0.3, -0.25) is 4.79 Å². The van der Waals surface area contributed by atoms with Gasteiger partial charge in [0.05, 0.1) is 0 Å². The summed E-state index contributed by atoms with van der Waals surface area (Å²) in [6, 6.07) is 6.88. The summed E-state index contributed by atoms with van der Waals surface area (Å²) in [7, 11) is 0. The van der Waals surface area contributed by atoms with E-state index in [0.717, 1.165) is 24.9 Å². The van der Waals surface area contributed by atoms with Crippen LogP contribution in [0, 0.1) is 11.7 Å². The first kappa shape index (κ1) is 15.0. The average Bonchev–Trinajstić information content (AvgIpc) is 2.44. The Kier molecular flexibility index (Phi) is 5.12. The summed E-state index contributed by atoms with van der Waals surface area (Å²) in [5.41, 5.74) is 0.849. The molecule has 1 heterocycles. The molecular weight excluding hydrogens is 255 g/mol. The number of benzene rings is 1. The number of hydrogen-bond acceptors (Lipinski definition) is 2. The van der Waals surface area contributed by atoms with Gasteiger partial charge in [-0.15, -0.1) is 0 Å². The van der Waals surface area contributed by atoms with E-state index in [0.29, 0.717) is 19.1 Å². The Bertz CT molecular complexity index is 464. The lowest BCUT2D eigenvalue weighted by Gasteiger charge is -2.31. The third-order valence-corrected chi connectivity index (χ3v) is 3.93. The van der Waals surface area contributed by atoms with E-state index in [1.807, 2.05) is 17.9 Å². The van der Waals surface area contributed by atoms with Gasteiger partial charge in [-0.05, 0) is 50.9 Å². The molecule has 1 aromatic rings. The highest BCUT2D eigenvalue weighted by molar-refractivity contribution is 5.79. The largest absolute Gasteiger partial charge is 0.338 e. The van der Waals surface area contributed by atoms with Crippen molar-refractivity contribution in [3.05, 3.63) is 35.6 Å². The van der Waals surface area contributed by atoms with Gasteiger partial charge in [0.1, 0.15) is 5.82 Å². The van der Waals surface area contributed by atoms with Crippen LogP contribution in [0.4, 0.5) is 4.39 Å². The van der Waals surface area contributed by atoms with Crippen LogP contribution in [-0.2, 0) is 11.3 Å². The lowest BCUT2D eigenvalue weighted by molar-refractivity contribution is -0.137. The Morgan fingerprint density at radius 2 is 2.30 bits per heavy atom. The Labute approximate surface area is 120 Å². The maximum absolute atomic E-state index is 13.2. The molecule has 2 rings (SSSR count). The van der Waals surface area contributed by atoms with Crippen LogP contribution >= 0.6 is 0 Å². The fraction of sp³-hybridized carbons (Fsp3) is 0.562. The number of amides is 1. The molecule has 1 N–H and O–H groups in total. The van der Waals surface area contributed by atoms with Gasteiger partial charge in [-0.1, -0.05) is 12.1 Å². The zero-order chi connectivity index (χ0) is 14.5. The van der Waals surface area contributed by atoms with E-state index < -0.39 is 0 Å². The number of rotatable bonds is 4. The molecule has 0 aromatic heterocycles. The first-order chi connectivity index (χ1) is 9.60. The topological polar surface area (TPSA) is 32.3 Å². The molecule has 0 aliphatic carbocycles. The first-order valence-corrected chi connectivity index (χ1v) is 7.36. The van der Waals surface area contributed by atoms with Crippen LogP contribution in [0.3, 0.4) is 0 Å². The second-order valence-electron chi connectivity index (χ2n) is 5.56. The summed E-state index contributed by atoms with van der Waals surface area (Å²) < 4.78 is 13.2. The quantitative estimate of drug-likeness (QED) is 0.918. The van der Waals surface area contributed by atoms with Crippen molar-refractivity contribution in [1.29, 1.82) is 0 Å². The van der Waals surface area contributed by atoms with Crippen LogP contribution < -0.4 is 5.32 Å². The Balaban J connectivity index is 2.02. The van der Waals surface area contributed by atoms with E-state index in [9.17, 15) is 9.18 Å². The van der Waals surface area contributed by atoms with Crippen molar-refractivity contribution < 1.29 is 9.18 Å². The molecule has 1 aliphatic rings. The molecule has 0 radical (unpaired) electrons. The normalized spacial score (nSPS) is 22.6. The number of hydrogen-bond donors (Lipinski definition) is 1. The number of nitrogens with one attached hydrogen (secondary N) is 1. The fourth-order valence-corrected chi connectivity index (χ4v) is 2.82. The predicted octanol–water partition coefficient (Wildman–Crippen LogP) is 2.56. The van der Waals surface area contributed by atoms with Crippen LogP contribution in [-0.4, -0.2) is 29.9 Å². The van der Waals surface area contributed by atoms with Gasteiger partial charge >= 0.3 is 0 Å². The smallest absolute Gasteiger partial charge is 0.226 e. The minimum atomic E-state index is -0.249. The first-order valence-electron chi connectivity index (χ1n) is 7.36. The standard InChI is InChI=1S/C16H23FN2O/c1-3-19(11-13-5-4-6-15(17)10-13)16(20)14-7-8-18-12(2)9-14/h4-6,10,12,14,18H,3,7-9,11H2,1-2H3. The van der Waals surface area contributed by atoms with Crippen molar-refractivity contribution in [2.75, 3.05) is 13.1 Å². The minimum absolute atomic E-state index is 0.0970. The molecule has 0 spiro atoms. The van der Waals surface area contributed by atoms with Crippen LogP contribution in [0.2, 0.25) is 0 Å². The van der Waals surface area contributed by atoms with E-state index in [4.69, 9.17) is 0 Å². The molecule has 20 heavy (non-hydrogen) atoms. The molecule has 2 unspecified atom stereocenters. The fourth-order valence-electron chi connectivity index (χ4n) is 2.82. The van der Waals surface area contributed by atoms with E-state index in [1.165, 1.54) is 12.1 Å². The second kappa shape index (κ2) is 6.84. The monoisotopic (exact) mass is 278 g/mol. The summed E-state index contributed by atoms with van der Waals surface area (Å²) in [5, 5.41) is 3.36. The maximum Gasteiger partial charge on any atom is 0.226 e. The molecule has 0 bridgehead atoms. The highest BCUT2D eigenvalue weighted by Gasteiger charge is 2.27. The van der Waals surface area contributed by atoms with Crippen LogP contribution in [0.15, 0.2) is 24.3 Å². The van der Waals surface area contributed by atoms with Crippen molar-refractivity contribution in [2.24, 2.45) is 5.92 Å². The molecule has 0 saturated carbocycles. The molecule has 1 fully saturated rings. The molecule has 1 aromatic carbocycles. The van der Waals surface area contributed by atoms with Crippen LogP contribution in [0.5, 0.6) is 0 Å². The van der Waals surface area contributed by atoms with Crippen molar-refractivity contribution in [2.45, 2.75) is 39.3 Å². The zero-order valence-corrected chi connectivity index (χ0v) is 12.2. The Morgan fingerprint density at radius 3 is 2.95 bits per heavy atom. The van der Waals surface area contributed by atoms with Gasteiger partial charge in [-0.2, -0.15) is 0 Å². The third-order valence-electron chi connectivity index (χ3n) is 3.93. The SMILES string of the molecule is CCN(Cc1cccc(F)c1)C(=O)C1CCNC(C)C1. The molecule has 1 aliphatic heterocycles. The summed E-state index contributed by atoms with van der Waals surface area (Å²) in [5.74, 6) is 0.0476. The van der Waals surface area contributed by atoms with Gasteiger partial charge in [0.2, 0.25) is 5.91 Å². The molecule has 1 amide bonds. The predicted molar refractivity (Wildman–Crippen MR) is 77.7 cm³/mol. The Morgan fingerprint density at radius 1 is 1.50 bits per heavy atom. The lowest BCUT2D eigenvalue weighted by Crippen LogP contribution is -2.43. The van der Waals surface area contributed by atoms with Crippen LogP contribution in [0.1, 0.15) is 32.3 Å². The van der Waals surface area contributed by atoms with Gasteiger partial charge in [0.15, 0.2) is 0 Å². The summed E-state index contributed by atoms with van der Waals surface area (Å²) in [4.78, 5) is 14.4. The van der Waals surface area contributed by atoms with E-state index >= 15 is 0 Å².